The van der Waals surface area contributed by atoms with Crippen LogP contribution in [-0.2, 0) is 0 Å². The standard InChI is InChI=1S/C13H13N3OS/c1-7-3-4-10-9(5-7)6-11(17-10)12(14)13-8(2)15-16-18-13/h3-6,12H,14H2,1-2H3. The van der Waals surface area contributed by atoms with Crippen LogP contribution in [0.25, 0.3) is 11.0 Å². The molecule has 3 rings (SSSR count). The van der Waals surface area contributed by atoms with Gasteiger partial charge in [0.2, 0.25) is 0 Å². The minimum absolute atomic E-state index is 0.294. The van der Waals surface area contributed by atoms with Gasteiger partial charge in [0.05, 0.1) is 10.6 Å². The van der Waals surface area contributed by atoms with Crippen LogP contribution in [0.3, 0.4) is 0 Å². The smallest absolute Gasteiger partial charge is 0.134 e. The van der Waals surface area contributed by atoms with Gasteiger partial charge in [0.1, 0.15) is 17.4 Å². The van der Waals surface area contributed by atoms with E-state index in [-0.39, 0.29) is 6.04 Å². The lowest BCUT2D eigenvalue weighted by Gasteiger charge is -2.04. The van der Waals surface area contributed by atoms with E-state index in [0.29, 0.717) is 0 Å². The molecule has 1 unspecified atom stereocenters. The van der Waals surface area contributed by atoms with E-state index in [2.05, 4.69) is 22.6 Å². The van der Waals surface area contributed by atoms with Crippen molar-refractivity contribution in [3.8, 4) is 0 Å². The second-order valence-electron chi connectivity index (χ2n) is 4.39. The Morgan fingerprint density at radius 1 is 1.28 bits per heavy atom. The third-order valence-electron chi connectivity index (χ3n) is 2.97. The molecule has 2 N–H and O–H groups in total. The highest BCUT2D eigenvalue weighted by molar-refractivity contribution is 7.05. The van der Waals surface area contributed by atoms with Crippen LogP contribution in [0.1, 0.15) is 27.9 Å². The van der Waals surface area contributed by atoms with E-state index in [0.717, 1.165) is 27.3 Å². The van der Waals surface area contributed by atoms with E-state index in [1.807, 2.05) is 25.1 Å². The molecule has 0 bridgehead atoms. The Bertz CT molecular complexity index is 701. The molecule has 1 aromatic carbocycles. The number of nitrogens with zero attached hydrogens (tertiary/aromatic N) is 2. The third kappa shape index (κ3) is 1.81. The number of benzene rings is 1. The lowest BCUT2D eigenvalue weighted by molar-refractivity contribution is 0.526. The number of aromatic nitrogens is 2. The maximum absolute atomic E-state index is 6.20. The predicted octanol–water partition coefficient (Wildman–Crippen LogP) is 2.95. The maximum atomic E-state index is 6.20. The zero-order chi connectivity index (χ0) is 12.7. The molecule has 0 amide bonds. The average Bonchev–Trinajstić information content (AvgIpc) is 2.93. The van der Waals surface area contributed by atoms with Crippen molar-refractivity contribution in [3.05, 3.63) is 46.2 Å². The van der Waals surface area contributed by atoms with Crippen molar-refractivity contribution in [2.75, 3.05) is 0 Å². The molecular weight excluding hydrogens is 246 g/mol. The van der Waals surface area contributed by atoms with E-state index >= 15 is 0 Å². The van der Waals surface area contributed by atoms with Crippen molar-refractivity contribution in [1.29, 1.82) is 0 Å². The molecule has 1 atom stereocenters. The van der Waals surface area contributed by atoms with Crippen molar-refractivity contribution in [1.82, 2.24) is 9.59 Å². The molecule has 0 aliphatic heterocycles. The van der Waals surface area contributed by atoms with Crippen LogP contribution < -0.4 is 5.73 Å². The highest BCUT2D eigenvalue weighted by atomic mass is 32.1. The van der Waals surface area contributed by atoms with Crippen LogP contribution >= 0.6 is 11.5 Å². The number of hydrogen-bond acceptors (Lipinski definition) is 5. The van der Waals surface area contributed by atoms with Gasteiger partial charge in [0, 0.05) is 5.39 Å². The Balaban J connectivity index is 2.07. The molecule has 18 heavy (non-hydrogen) atoms. The molecule has 4 nitrogen and oxygen atoms in total. The van der Waals surface area contributed by atoms with Crippen LogP contribution in [0.2, 0.25) is 0 Å². The van der Waals surface area contributed by atoms with Gasteiger partial charge in [-0.3, -0.25) is 0 Å². The Morgan fingerprint density at radius 3 is 2.83 bits per heavy atom. The summed E-state index contributed by atoms with van der Waals surface area (Å²) in [7, 11) is 0. The lowest BCUT2D eigenvalue weighted by Crippen LogP contribution is -2.10. The summed E-state index contributed by atoms with van der Waals surface area (Å²) in [5.41, 5.74) is 9.13. The Kier molecular flexibility index (Phi) is 2.65. The van der Waals surface area contributed by atoms with Crippen LogP contribution in [0, 0.1) is 13.8 Å². The lowest BCUT2D eigenvalue weighted by atomic mass is 10.1. The van der Waals surface area contributed by atoms with Gasteiger partial charge in [-0.2, -0.15) is 0 Å². The first-order valence-electron chi connectivity index (χ1n) is 5.69. The minimum Gasteiger partial charge on any atom is -0.459 e. The van der Waals surface area contributed by atoms with E-state index in [9.17, 15) is 0 Å². The van der Waals surface area contributed by atoms with Crippen molar-refractivity contribution < 1.29 is 4.42 Å². The van der Waals surface area contributed by atoms with Crippen LogP contribution in [0.4, 0.5) is 0 Å². The number of rotatable bonds is 2. The van der Waals surface area contributed by atoms with Crippen molar-refractivity contribution in [2.24, 2.45) is 5.73 Å². The van der Waals surface area contributed by atoms with Crippen LogP contribution in [-0.4, -0.2) is 9.59 Å². The fraction of sp³-hybridized carbons (Fsp3) is 0.231. The van der Waals surface area contributed by atoms with Crippen molar-refractivity contribution in [2.45, 2.75) is 19.9 Å². The molecule has 0 radical (unpaired) electrons. The summed E-state index contributed by atoms with van der Waals surface area (Å²) in [6, 6.07) is 7.79. The second kappa shape index (κ2) is 4.19. The predicted molar refractivity (Wildman–Crippen MR) is 71.6 cm³/mol. The summed E-state index contributed by atoms with van der Waals surface area (Å²) in [4.78, 5) is 0.950. The Hall–Kier alpha value is -1.72. The van der Waals surface area contributed by atoms with Gasteiger partial charge in [0.15, 0.2) is 0 Å². The molecule has 0 aliphatic carbocycles. The maximum Gasteiger partial charge on any atom is 0.134 e. The molecule has 3 aromatic rings. The van der Waals surface area contributed by atoms with Gasteiger partial charge in [-0.15, -0.1) is 5.10 Å². The zero-order valence-electron chi connectivity index (χ0n) is 10.2. The first kappa shape index (κ1) is 11.4. The molecule has 92 valence electrons. The van der Waals surface area contributed by atoms with Gasteiger partial charge in [0.25, 0.3) is 0 Å². The fourth-order valence-electron chi connectivity index (χ4n) is 1.99. The number of aryl methyl sites for hydroxylation is 2. The molecule has 5 heteroatoms. The van der Waals surface area contributed by atoms with Gasteiger partial charge in [-0.05, 0) is 43.6 Å². The normalized spacial score (nSPS) is 13.1. The zero-order valence-corrected chi connectivity index (χ0v) is 11.0. The van der Waals surface area contributed by atoms with E-state index < -0.39 is 0 Å². The molecule has 0 saturated heterocycles. The monoisotopic (exact) mass is 259 g/mol. The number of hydrogen-bond donors (Lipinski definition) is 1. The topological polar surface area (TPSA) is 64.9 Å². The highest BCUT2D eigenvalue weighted by Crippen LogP contribution is 2.29. The van der Waals surface area contributed by atoms with Gasteiger partial charge < -0.3 is 10.2 Å². The molecule has 0 aliphatic rings. The number of furan rings is 1. The first-order chi connectivity index (χ1) is 8.65. The highest BCUT2D eigenvalue weighted by Gasteiger charge is 2.18. The average molecular weight is 259 g/mol. The van der Waals surface area contributed by atoms with Crippen LogP contribution in [0.5, 0.6) is 0 Å². The van der Waals surface area contributed by atoms with E-state index in [1.165, 1.54) is 17.1 Å². The Labute approximate surface area is 109 Å². The molecule has 0 fully saturated rings. The fourth-order valence-corrected chi connectivity index (χ4v) is 2.64. The summed E-state index contributed by atoms with van der Waals surface area (Å²) in [6.07, 6.45) is 0. The Morgan fingerprint density at radius 2 is 2.11 bits per heavy atom. The quantitative estimate of drug-likeness (QED) is 0.768. The van der Waals surface area contributed by atoms with Gasteiger partial charge >= 0.3 is 0 Å². The molecule has 2 aromatic heterocycles. The largest absolute Gasteiger partial charge is 0.459 e. The van der Waals surface area contributed by atoms with Crippen molar-refractivity contribution >= 4 is 22.5 Å². The van der Waals surface area contributed by atoms with Gasteiger partial charge in [-0.25, -0.2) is 0 Å². The first-order valence-corrected chi connectivity index (χ1v) is 6.47. The SMILES string of the molecule is Cc1ccc2oc(C(N)c3snnc3C)cc2c1. The van der Waals surface area contributed by atoms with Gasteiger partial charge in [-0.1, -0.05) is 16.1 Å². The minimum atomic E-state index is -0.294. The summed E-state index contributed by atoms with van der Waals surface area (Å²) < 4.78 is 9.70. The number of fused-ring (bicyclic) bond motifs is 1. The molecule has 0 saturated carbocycles. The van der Waals surface area contributed by atoms with Crippen molar-refractivity contribution in [3.63, 3.8) is 0 Å². The van der Waals surface area contributed by atoms with E-state index in [1.54, 1.807) is 0 Å². The second-order valence-corrected chi connectivity index (χ2v) is 5.18. The van der Waals surface area contributed by atoms with E-state index in [4.69, 9.17) is 10.2 Å². The summed E-state index contributed by atoms with van der Waals surface area (Å²) in [5, 5.41) is 5.06. The third-order valence-corrected chi connectivity index (χ3v) is 3.88. The summed E-state index contributed by atoms with van der Waals surface area (Å²) in [5.74, 6) is 0.754. The number of nitrogens with two attached hydrogens (primary N) is 1. The molecule has 2 heterocycles. The molecule has 0 spiro atoms. The van der Waals surface area contributed by atoms with Crippen LogP contribution in [0.15, 0.2) is 28.7 Å². The summed E-state index contributed by atoms with van der Waals surface area (Å²) >= 11 is 1.32. The summed E-state index contributed by atoms with van der Waals surface area (Å²) in [6.45, 7) is 3.97. The molecular formula is C13H13N3OS.